The third kappa shape index (κ3) is 3.89. The summed E-state index contributed by atoms with van der Waals surface area (Å²) in [6.45, 7) is 17.4. The van der Waals surface area contributed by atoms with E-state index in [1.165, 1.54) is 16.3 Å². The van der Waals surface area contributed by atoms with Crippen LogP contribution in [-0.2, 0) is 5.41 Å². The first kappa shape index (κ1) is 17.3. The van der Waals surface area contributed by atoms with Gasteiger partial charge in [0.05, 0.1) is 0 Å². The number of hydrogen-bond acceptors (Lipinski definition) is 1. The molecule has 0 saturated carbocycles. The zero-order chi connectivity index (χ0) is 15.6. The van der Waals surface area contributed by atoms with Crippen LogP contribution in [0.1, 0.15) is 38.8 Å². The van der Waals surface area contributed by atoms with Crippen molar-refractivity contribution in [1.82, 2.24) is 0 Å². The van der Waals surface area contributed by atoms with Crippen molar-refractivity contribution in [2.75, 3.05) is 6.61 Å². The predicted molar refractivity (Wildman–Crippen MR) is 93.2 cm³/mol. The minimum atomic E-state index is -1.98. The maximum atomic E-state index is 6.86. The number of rotatable bonds is 5. The molecule has 1 aromatic carbocycles. The summed E-state index contributed by atoms with van der Waals surface area (Å²) in [5.41, 5.74) is 2.53. The highest BCUT2D eigenvalue weighted by atomic mass is 35.6. The molecule has 1 unspecified atom stereocenters. The summed E-state index contributed by atoms with van der Waals surface area (Å²) in [6, 6.07) is 5.42. The minimum absolute atomic E-state index is 0.0341. The average Bonchev–Trinajstić information content (AvgIpc) is 2.35. The molecule has 0 spiro atoms. The number of aryl methyl sites for hydroxylation is 1. The van der Waals surface area contributed by atoms with E-state index in [1.807, 2.05) is 0 Å². The molecule has 0 heterocycles. The molecule has 0 aliphatic heterocycles. The van der Waals surface area contributed by atoms with Crippen molar-refractivity contribution in [2.24, 2.45) is 0 Å². The molecule has 0 bridgehead atoms. The van der Waals surface area contributed by atoms with Crippen LogP contribution in [0.4, 0.5) is 0 Å². The first-order chi connectivity index (χ1) is 9.13. The van der Waals surface area contributed by atoms with Crippen molar-refractivity contribution >= 4 is 23.6 Å². The van der Waals surface area contributed by atoms with Crippen LogP contribution in [0, 0.1) is 6.92 Å². The van der Waals surface area contributed by atoms with Crippen LogP contribution < -0.4 is 9.92 Å². The summed E-state index contributed by atoms with van der Waals surface area (Å²) >= 11 is 6.86. The molecule has 0 aliphatic rings. The molecule has 0 amide bonds. The van der Waals surface area contributed by atoms with Gasteiger partial charge in [-0.15, -0.1) is 0 Å². The second kappa shape index (κ2) is 6.36. The highest BCUT2D eigenvalue weighted by molar-refractivity contribution is 7.27. The lowest BCUT2D eigenvalue weighted by Gasteiger charge is -2.29. The molecule has 1 aromatic rings. The summed E-state index contributed by atoms with van der Waals surface area (Å²) in [7, 11) is -1.98. The van der Waals surface area contributed by atoms with Crippen LogP contribution in [0.5, 0.6) is 5.75 Å². The molecule has 0 saturated heterocycles. The third-order valence-electron chi connectivity index (χ3n) is 3.61. The number of benzene rings is 1. The van der Waals surface area contributed by atoms with E-state index in [1.54, 1.807) is 6.08 Å². The Morgan fingerprint density at radius 1 is 1.35 bits per heavy atom. The van der Waals surface area contributed by atoms with Crippen molar-refractivity contribution in [2.45, 2.75) is 52.6 Å². The Morgan fingerprint density at radius 3 is 2.40 bits per heavy atom. The first-order valence-corrected chi connectivity index (χ1v) is 10.9. The van der Waals surface area contributed by atoms with Gasteiger partial charge in [-0.3, -0.25) is 0 Å². The van der Waals surface area contributed by atoms with E-state index in [-0.39, 0.29) is 5.41 Å². The minimum Gasteiger partial charge on any atom is -0.489 e. The quantitative estimate of drug-likeness (QED) is 0.427. The Balaban J connectivity index is 3.56. The fourth-order valence-electron chi connectivity index (χ4n) is 2.21. The van der Waals surface area contributed by atoms with Gasteiger partial charge in [-0.1, -0.05) is 64.6 Å². The van der Waals surface area contributed by atoms with Crippen molar-refractivity contribution in [3.05, 3.63) is 35.9 Å². The zero-order valence-electron chi connectivity index (χ0n) is 13.6. The first-order valence-electron chi connectivity index (χ1n) is 7.21. The Kier molecular flexibility index (Phi) is 5.51. The van der Waals surface area contributed by atoms with Crippen LogP contribution in [-0.4, -0.2) is 14.0 Å². The van der Waals surface area contributed by atoms with Gasteiger partial charge < -0.3 is 4.74 Å². The fourth-order valence-corrected chi connectivity index (χ4v) is 4.22. The van der Waals surface area contributed by atoms with Crippen molar-refractivity contribution in [3.63, 3.8) is 0 Å². The molecular formula is C17H27ClOSi. The normalized spacial score (nSPS) is 14.8. The van der Waals surface area contributed by atoms with Crippen LogP contribution in [0.3, 0.4) is 0 Å². The number of hydrogen-bond donors (Lipinski definition) is 0. The van der Waals surface area contributed by atoms with E-state index in [2.05, 4.69) is 59.9 Å². The van der Waals surface area contributed by atoms with Crippen molar-refractivity contribution in [3.8, 4) is 5.75 Å². The molecule has 112 valence electrons. The molecule has 0 fully saturated rings. The van der Waals surface area contributed by atoms with E-state index in [4.69, 9.17) is 15.8 Å². The van der Waals surface area contributed by atoms with Gasteiger partial charge in [0.1, 0.15) is 12.4 Å². The SMILES string of the molecule is C=CCOc1c(C(C)(C)C)cc(C)cc1[Si](C)(Cl)CC. The summed E-state index contributed by atoms with van der Waals surface area (Å²) in [4.78, 5) is 0. The highest BCUT2D eigenvalue weighted by Crippen LogP contribution is 2.34. The molecule has 0 radical (unpaired) electrons. The summed E-state index contributed by atoms with van der Waals surface area (Å²) < 4.78 is 6.02. The Hall–Kier alpha value is -0.733. The lowest BCUT2D eigenvalue weighted by molar-refractivity contribution is 0.354. The fraction of sp³-hybridized carbons (Fsp3) is 0.529. The van der Waals surface area contributed by atoms with E-state index < -0.39 is 7.38 Å². The van der Waals surface area contributed by atoms with E-state index in [0.29, 0.717) is 6.61 Å². The van der Waals surface area contributed by atoms with Gasteiger partial charge in [0, 0.05) is 0 Å². The molecule has 0 aliphatic carbocycles. The van der Waals surface area contributed by atoms with Crippen LogP contribution in [0.25, 0.3) is 0 Å². The lowest BCUT2D eigenvalue weighted by atomic mass is 9.85. The summed E-state index contributed by atoms with van der Waals surface area (Å²) in [6.07, 6.45) is 1.79. The van der Waals surface area contributed by atoms with Gasteiger partial charge in [0.25, 0.3) is 0 Å². The largest absolute Gasteiger partial charge is 0.489 e. The van der Waals surface area contributed by atoms with E-state index in [0.717, 1.165) is 11.8 Å². The topological polar surface area (TPSA) is 9.23 Å². The number of ether oxygens (including phenoxy) is 1. The molecule has 20 heavy (non-hydrogen) atoms. The molecule has 1 nitrogen and oxygen atoms in total. The van der Waals surface area contributed by atoms with E-state index >= 15 is 0 Å². The molecule has 0 aromatic heterocycles. The van der Waals surface area contributed by atoms with Crippen molar-refractivity contribution in [1.29, 1.82) is 0 Å². The molecule has 0 N–H and O–H groups in total. The van der Waals surface area contributed by atoms with E-state index in [9.17, 15) is 0 Å². The molecule has 1 atom stereocenters. The Labute approximate surface area is 129 Å². The van der Waals surface area contributed by atoms with Crippen LogP contribution >= 0.6 is 11.1 Å². The predicted octanol–water partition coefficient (Wildman–Crippen LogP) is 4.90. The maximum Gasteiger partial charge on any atom is 0.187 e. The van der Waals surface area contributed by atoms with Gasteiger partial charge in [0.2, 0.25) is 0 Å². The van der Waals surface area contributed by atoms with Crippen molar-refractivity contribution < 1.29 is 4.74 Å². The van der Waals surface area contributed by atoms with Gasteiger partial charge in [0.15, 0.2) is 7.38 Å². The second-order valence-electron chi connectivity index (χ2n) is 6.59. The van der Waals surface area contributed by atoms with Gasteiger partial charge in [-0.05, 0) is 29.1 Å². The van der Waals surface area contributed by atoms with Gasteiger partial charge >= 0.3 is 0 Å². The zero-order valence-corrected chi connectivity index (χ0v) is 15.4. The lowest BCUT2D eigenvalue weighted by Crippen LogP contribution is -2.40. The standard InChI is InChI=1S/C17H27ClOSi/c1-8-10-19-16-14(17(4,5)6)11-13(3)12-15(16)20(7,18)9-2/h8,11-12H,1,9-10H2,2-7H3. The van der Waals surface area contributed by atoms with Gasteiger partial charge in [-0.2, -0.15) is 11.1 Å². The second-order valence-corrected chi connectivity index (χ2v) is 12.7. The van der Waals surface area contributed by atoms with Crippen LogP contribution in [0.2, 0.25) is 12.6 Å². The van der Waals surface area contributed by atoms with Gasteiger partial charge in [-0.25, -0.2) is 0 Å². The summed E-state index contributed by atoms with van der Waals surface area (Å²) in [5.74, 6) is 0.981. The van der Waals surface area contributed by atoms with Crippen LogP contribution in [0.15, 0.2) is 24.8 Å². The Morgan fingerprint density at radius 2 is 1.95 bits per heavy atom. The third-order valence-corrected chi connectivity index (χ3v) is 7.85. The monoisotopic (exact) mass is 310 g/mol. The Bertz CT molecular complexity index is 486. The summed E-state index contributed by atoms with van der Waals surface area (Å²) in [5, 5.41) is 1.22. The highest BCUT2D eigenvalue weighted by Gasteiger charge is 2.32. The molecule has 3 heteroatoms. The number of halogens is 1. The molecular weight excluding hydrogens is 284 g/mol. The molecule has 1 rings (SSSR count). The maximum absolute atomic E-state index is 6.86. The average molecular weight is 311 g/mol. The smallest absolute Gasteiger partial charge is 0.187 e.